The van der Waals surface area contributed by atoms with E-state index in [9.17, 15) is 0 Å². The van der Waals surface area contributed by atoms with E-state index in [-0.39, 0.29) is 0 Å². The molecule has 1 aromatic heterocycles. The second-order valence-corrected chi connectivity index (χ2v) is 4.42. The smallest absolute Gasteiger partial charge is 0.205 e. The highest BCUT2D eigenvalue weighted by atomic mass is 79.9. The first-order valence-corrected chi connectivity index (χ1v) is 6.32. The number of imidazole rings is 1. The Labute approximate surface area is 93.2 Å². The molecule has 1 aromatic rings. The lowest BCUT2D eigenvalue weighted by Gasteiger charge is -2.23. The lowest BCUT2D eigenvalue weighted by Crippen LogP contribution is -2.30. The van der Waals surface area contributed by atoms with Crippen LogP contribution in [0.5, 0.6) is 0 Å². The van der Waals surface area contributed by atoms with Crippen LogP contribution in [0.25, 0.3) is 0 Å². The molecule has 78 valence electrons. The van der Waals surface area contributed by atoms with Crippen molar-refractivity contribution in [2.24, 2.45) is 0 Å². The van der Waals surface area contributed by atoms with E-state index in [4.69, 9.17) is 0 Å². The van der Waals surface area contributed by atoms with Gasteiger partial charge < -0.3 is 9.47 Å². The van der Waals surface area contributed by atoms with Gasteiger partial charge in [-0.25, -0.2) is 4.98 Å². The topological polar surface area (TPSA) is 21.1 Å². The minimum Gasteiger partial charge on any atom is -0.338 e. The van der Waals surface area contributed by atoms with Gasteiger partial charge in [-0.3, -0.25) is 0 Å². The molecule has 0 bridgehead atoms. The highest BCUT2D eigenvalue weighted by molar-refractivity contribution is 9.09. The van der Waals surface area contributed by atoms with E-state index in [2.05, 4.69) is 43.5 Å². The monoisotopic (exact) mass is 257 g/mol. The SMILES string of the molecule is CCn1ccnc1N(CCBr)C1CC1. The number of aromatic nitrogens is 2. The van der Waals surface area contributed by atoms with Gasteiger partial charge in [0.25, 0.3) is 0 Å². The second-order valence-electron chi connectivity index (χ2n) is 3.63. The minimum atomic E-state index is 0.736. The molecule has 0 aromatic carbocycles. The molecule has 0 saturated heterocycles. The molecule has 2 rings (SSSR count). The summed E-state index contributed by atoms with van der Waals surface area (Å²) in [5, 5.41) is 1.01. The van der Waals surface area contributed by atoms with E-state index in [1.165, 1.54) is 12.8 Å². The molecule has 14 heavy (non-hydrogen) atoms. The van der Waals surface area contributed by atoms with Crippen LogP contribution in [0.1, 0.15) is 19.8 Å². The van der Waals surface area contributed by atoms with Crippen molar-refractivity contribution in [1.29, 1.82) is 0 Å². The maximum atomic E-state index is 4.44. The normalized spacial score (nSPS) is 15.9. The number of halogens is 1. The van der Waals surface area contributed by atoms with E-state index >= 15 is 0 Å². The van der Waals surface area contributed by atoms with Gasteiger partial charge in [0, 0.05) is 36.9 Å². The van der Waals surface area contributed by atoms with E-state index in [0.717, 1.165) is 30.4 Å². The summed E-state index contributed by atoms with van der Waals surface area (Å²) >= 11 is 3.50. The molecule has 0 spiro atoms. The summed E-state index contributed by atoms with van der Waals surface area (Å²) in [6, 6.07) is 0.736. The zero-order valence-electron chi connectivity index (χ0n) is 8.49. The van der Waals surface area contributed by atoms with Gasteiger partial charge in [-0.2, -0.15) is 0 Å². The zero-order valence-corrected chi connectivity index (χ0v) is 10.1. The Kier molecular flexibility index (Phi) is 3.11. The summed E-state index contributed by atoms with van der Waals surface area (Å²) in [5.74, 6) is 1.13. The molecular weight excluding hydrogens is 242 g/mol. The standard InChI is InChI=1S/C10H16BrN3/c1-2-13-8-6-12-10(13)14(7-5-11)9-3-4-9/h6,8-9H,2-5,7H2,1H3. The highest BCUT2D eigenvalue weighted by Crippen LogP contribution is 2.30. The molecule has 1 heterocycles. The molecule has 1 fully saturated rings. The Bertz CT molecular complexity index is 293. The van der Waals surface area contributed by atoms with Crippen LogP contribution in [0, 0.1) is 0 Å². The van der Waals surface area contributed by atoms with Crippen LogP contribution in [0.2, 0.25) is 0 Å². The van der Waals surface area contributed by atoms with Crippen molar-refractivity contribution in [2.45, 2.75) is 32.4 Å². The van der Waals surface area contributed by atoms with Gasteiger partial charge >= 0.3 is 0 Å². The first-order valence-electron chi connectivity index (χ1n) is 5.20. The van der Waals surface area contributed by atoms with Crippen molar-refractivity contribution in [3.63, 3.8) is 0 Å². The summed E-state index contributed by atoms with van der Waals surface area (Å²) in [6.07, 6.45) is 6.59. The number of anilines is 1. The fraction of sp³-hybridized carbons (Fsp3) is 0.700. The number of alkyl halides is 1. The van der Waals surface area contributed by atoms with E-state index in [1.807, 2.05) is 6.20 Å². The van der Waals surface area contributed by atoms with Gasteiger partial charge in [0.1, 0.15) is 0 Å². The molecule has 1 saturated carbocycles. The summed E-state index contributed by atoms with van der Waals surface area (Å²) in [4.78, 5) is 6.85. The Balaban J connectivity index is 2.16. The quantitative estimate of drug-likeness (QED) is 0.755. The Morgan fingerprint density at radius 1 is 1.64 bits per heavy atom. The number of rotatable bonds is 5. The molecule has 1 aliphatic rings. The minimum absolute atomic E-state index is 0.736. The number of hydrogen-bond donors (Lipinski definition) is 0. The lowest BCUT2D eigenvalue weighted by molar-refractivity contribution is 0.701. The fourth-order valence-electron chi connectivity index (χ4n) is 1.73. The first kappa shape index (κ1) is 10.0. The predicted molar refractivity (Wildman–Crippen MR) is 62.1 cm³/mol. The Morgan fingerprint density at radius 2 is 2.43 bits per heavy atom. The van der Waals surface area contributed by atoms with Crippen molar-refractivity contribution in [2.75, 3.05) is 16.8 Å². The molecule has 0 unspecified atom stereocenters. The third-order valence-electron chi connectivity index (χ3n) is 2.60. The summed E-state index contributed by atoms with van der Waals surface area (Å²) in [5.41, 5.74) is 0. The van der Waals surface area contributed by atoms with Gasteiger partial charge in [0.05, 0.1) is 0 Å². The summed E-state index contributed by atoms with van der Waals surface area (Å²) < 4.78 is 2.21. The summed E-state index contributed by atoms with van der Waals surface area (Å²) in [6.45, 7) is 4.22. The van der Waals surface area contributed by atoms with Crippen LogP contribution >= 0.6 is 15.9 Å². The average Bonchev–Trinajstić information content (AvgIpc) is 2.92. The molecule has 3 nitrogen and oxygen atoms in total. The second kappa shape index (κ2) is 4.34. The van der Waals surface area contributed by atoms with Crippen molar-refractivity contribution < 1.29 is 0 Å². The maximum absolute atomic E-state index is 4.44. The largest absolute Gasteiger partial charge is 0.338 e. The maximum Gasteiger partial charge on any atom is 0.205 e. The third-order valence-corrected chi connectivity index (χ3v) is 2.96. The number of nitrogens with zero attached hydrogens (tertiary/aromatic N) is 3. The van der Waals surface area contributed by atoms with Crippen LogP contribution in [0.3, 0.4) is 0 Å². The zero-order chi connectivity index (χ0) is 9.97. The van der Waals surface area contributed by atoms with Crippen LogP contribution < -0.4 is 4.90 Å². The van der Waals surface area contributed by atoms with E-state index in [0.29, 0.717) is 0 Å². The molecule has 0 aliphatic heterocycles. The van der Waals surface area contributed by atoms with Crippen LogP contribution in [-0.2, 0) is 6.54 Å². The number of hydrogen-bond acceptors (Lipinski definition) is 2. The first-order chi connectivity index (χ1) is 6.86. The molecule has 0 N–H and O–H groups in total. The number of aryl methyl sites for hydroxylation is 1. The summed E-state index contributed by atoms with van der Waals surface area (Å²) in [7, 11) is 0. The molecule has 0 amide bonds. The predicted octanol–water partition coefficient (Wildman–Crippen LogP) is 2.27. The van der Waals surface area contributed by atoms with Gasteiger partial charge in [-0.1, -0.05) is 15.9 Å². The molecule has 0 radical (unpaired) electrons. The molecular formula is C10H16BrN3. The Hall–Kier alpha value is -0.510. The van der Waals surface area contributed by atoms with Gasteiger partial charge in [0.2, 0.25) is 5.95 Å². The van der Waals surface area contributed by atoms with Crippen LogP contribution in [0.4, 0.5) is 5.95 Å². The average molecular weight is 258 g/mol. The van der Waals surface area contributed by atoms with Gasteiger partial charge in [0.15, 0.2) is 0 Å². The third kappa shape index (κ3) is 1.95. The van der Waals surface area contributed by atoms with Crippen LogP contribution in [-0.4, -0.2) is 27.5 Å². The van der Waals surface area contributed by atoms with E-state index in [1.54, 1.807) is 0 Å². The van der Waals surface area contributed by atoms with Crippen molar-refractivity contribution >= 4 is 21.9 Å². The fourth-order valence-corrected chi connectivity index (χ4v) is 2.11. The van der Waals surface area contributed by atoms with Gasteiger partial charge in [-0.05, 0) is 19.8 Å². The van der Waals surface area contributed by atoms with Crippen molar-refractivity contribution in [3.05, 3.63) is 12.4 Å². The molecule has 4 heteroatoms. The van der Waals surface area contributed by atoms with Gasteiger partial charge in [-0.15, -0.1) is 0 Å². The Morgan fingerprint density at radius 3 is 3.00 bits per heavy atom. The lowest BCUT2D eigenvalue weighted by atomic mass is 10.5. The molecule has 0 atom stereocenters. The van der Waals surface area contributed by atoms with E-state index < -0.39 is 0 Å². The van der Waals surface area contributed by atoms with Crippen LogP contribution in [0.15, 0.2) is 12.4 Å². The molecule has 1 aliphatic carbocycles. The highest BCUT2D eigenvalue weighted by Gasteiger charge is 2.30. The van der Waals surface area contributed by atoms with Crippen molar-refractivity contribution in [1.82, 2.24) is 9.55 Å². The van der Waals surface area contributed by atoms with Crippen molar-refractivity contribution in [3.8, 4) is 0 Å².